The second kappa shape index (κ2) is 6.91. The van der Waals surface area contributed by atoms with Crippen molar-refractivity contribution in [1.29, 1.82) is 0 Å². The van der Waals surface area contributed by atoms with E-state index in [-0.39, 0.29) is 0 Å². The quantitative estimate of drug-likeness (QED) is 0.815. The van der Waals surface area contributed by atoms with E-state index in [4.69, 9.17) is 16.0 Å². The van der Waals surface area contributed by atoms with Crippen molar-refractivity contribution in [2.75, 3.05) is 13.1 Å². The van der Waals surface area contributed by atoms with Gasteiger partial charge in [0, 0.05) is 18.5 Å². The number of benzene rings is 1. The van der Waals surface area contributed by atoms with E-state index in [2.05, 4.69) is 24.1 Å². The third kappa shape index (κ3) is 4.09. The fourth-order valence-electron chi connectivity index (χ4n) is 1.96. The van der Waals surface area contributed by atoms with Gasteiger partial charge in [-0.3, -0.25) is 0 Å². The fraction of sp³-hybridized carbons (Fsp3) is 0.438. The molecule has 2 rings (SSSR count). The van der Waals surface area contributed by atoms with E-state index < -0.39 is 0 Å². The molecule has 3 nitrogen and oxygen atoms in total. The van der Waals surface area contributed by atoms with E-state index in [0.29, 0.717) is 10.9 Å². The molecule has 0 saturated heterocycles. The summed E-state index contributed by atoms with van der Waals surface area (Å²) in [5.74, 6) is 2.13. The molecule has 2 aromatic rings. The minimum Gasteiger partial charge on any atom is -0.441 e. The van der Waals surface area contributed by atoms with Crippen LogP contribution in [-0.4, -0.2) is 18.1 Å². The smallest absolute Gasteiger partial charge is 0.196 e. The monoisotopic (exact) mass is 292 g/mol. The summed E-state index contributed by atoms with van der Waals surface area (Å²) in [6, 6.07) is 5.93. The molecular weight excluding hydrogens is 272 g/mol. The Morgan fingerprint density at radius 3 is 2.85 bits per heavy atom. The molecule has 1 aromatic carbocycles. The van der Waals surface area contributed by atoms with Crippen LogP contribution in [0, 0.1) is 12.8 Å². The average molecular weight is 293 g/mol. The van der Waals surface area contributed by atoms with Crippen LogP contribution in [0.3, 0.4) is 0 Å². The molecule has 20 heavy (non-hydrogen) atoms. The lowest BCUT2D eigenvalue weighted by molar-refractivity contribution is 0.483. The molecule has 1 N–H and O–H groups in total. The van der Waals surface area contributed by atoms with Gasteiger partial charge in [0.15, 0.2) is 11.7 Å². The van der Waals surface area contributed by atoms with Crippen molar-refractivity contribution < 1.29 is 4.42 Å². The van der Waals surface area contributed by atoms with Gasteiger partial charge in [-0.25, -0.2) is 4.98 Å². The summed E-state index contributed by atoms with van der Waals surface area (Å²) < 4.78 is 5.76. The number of aromatic nitrogens is 1. The predicted molar refractivity (Wildman–Crippen MR) is 83.1 cm³/mol. The number of nitrogens with one attached hydrogen (secondary N) is 1. The van der Waals surface area contributed by atoms with Gasteiger partial charge in [0.1, 0.15) is 0 Å². The molecular formula is C16H21ClN2O. The van der Waals surface area contributed by atoms with E-state index in [9.17, 15) is 0 Å². The van der Waals surface area contributed by atoms with Gasteiger partial charge in [-0.15, -0.1) is 0 Å². The van der Waals surface area contributed by atoms with E-state index in [1.54, 1.807) is 6.20 Å². The highest BCUT2D eigenvalue weighted by Crippen LogP contribution is 2.29. The van der Waals surface area contributed by atoms with Crippen LogP contribution < -0.4 is 5.32 Å². The van der Waals surface area contributed by atoms with Crippen molar-refractivity contribution in [2.45, 2.75) is 27.2 Å². The first-order chi connectivity index (χ1) is 9.56. The van der Waals surface area contributed by atoms with E-state index in [1.807, 2.05) is 25.1 Å². The number of nitrogens with zero attached hydrogens (tertiary/aromatic N) is 1. The molecule has 4 heteroatoms. The average Bonchev–Trinajstić information content (AvgIpc) is 2.83. The van der Waals surface area contributed by atoms with E-state index in [0.717, 1.165) is 42.3 Å². The fourth-order valence-corrected chi connectivity index (χ4v) is 2.28. The van der Waals surface area contributed by atoms with Gasteiger partial charge >= 0.3 is 0 Å². The third-order valence-electron chi connectivity index (χ3n) is 3.01. The van der Waals surface area contributed by atoms with Crippen LogP contribution in [0.15, 0.2) is 28.8 Å². The molecule has 0 radical (unpaired) electrons. The van der Waals surface area contributed by atoms with E-state index in [1.165, 1.54) is 0 Å². The molecule has 0 atom stereocenters. The highest BCUT2D eigenvalue weighted by molar-refractivity contribution is 6.33. The zero-order valence-corrected chi connectivity index (χ0v) is 13.0. The van der Waals surface area contributed by atoms with Gasteiger partial charge in [-0.05, 0) is 37.1 Å². The molecule has 0 aliphatic carbocycles. The molecule has 0 aliphatic rings. The summed E-state index contributed by atoms with van der Waals surface area (Å²) in [5.41, 5.74) is 2.03. The topological polar surface area (TPSA) is 38.1 Å². The molecule has 0 bridgehead atoms. The van der Waals surface area contributed by atoms with Gasteiger partial charge in [0.25, 0.3) is 0 Å². The number of rotatable bonds is 6. The molecule has 0 unspecified atom stereocenters. The first-order valence-corrected chi connectivity index (χ1v) is 7.36. The van der Waals surface area contributed by atoms with Gasteiger partial charge in [-0.2, -0.15) is 0 Å². The number of aryl methyl sites for hydroxylation is 1. The molecule has 1 heterocycles. The lowest BCUT2D eigenvalue weighted by Crippen LogP contribution is -2.22. The van der Waals surface area contributed by atoms with Gasteiger partial charge in [-0.1, -0.05) is 31.5 Å². The normalized spacial score (nSPS) is 11.2. The maximum Gasteiger partial charge on any atom is 0.196 e. The van der Waals surface area contributed by atoms with E-state index >= 15 is 0 Å². The van der Waals surface area contributed by atoms with Crippen molar-refractivity contribution in [3.05, 3.63) is 40.9 Å². The maximum atomic E-state index is 6.23. The van der Waals surface area contributed by atoms with Crippen molar-refractivity contribution in [1.82, 2.24) is 10.3 Å². The van der Waals surface area contributed by atoms with Crippen LogP contribution >= 0.6 is 11.6 Å². The van der Waals surface area contributed by atoms with Crippen LogP contribution in [0.1, 0.15) is 25.3 Å². The minimum atomic E-state index is 0.654. The Morgan fingerprint density at radius 1 is 1.35 bits per heavy atom. The second-order valence-electron chi connectivity index (χ2n) is 5.45. The van der Waals surface area contributed by atoms with Crippen LogP contribution in [0.4, 0.5) is 0 Å². The standard InChI is InChI=1S/C16H21ClN2O/c1-11(2)9-18-7-6-16-19-10-15(20-16)13-5-4-12(3)8-14(13)17/h4-5,8,10-11,18H,6-7,9H2,1-3H3. The van der Waals surface area contributed by atoms with Crippen LogP contribution in [-0.2, 0) is 6.42 Å². The van der Waals surface area contributed by atoms with Gasteiger partial charge in [0.05, 0.1) is 11.2 Å². The van der Waals surface area contributed by atoms with Crippen LogP contribution in [0.2, 0.25) is 5.02 Å². The van der Waals surface area contributed by atoms with Gasteiger partial charge in [0.2, 0.25) is 0 Å². The molecule has 1 aromatic heterocycles. The SMILES string of the molecule is Cc1ccc(-c2cnc(CCNCC(C)C)o2)c(Cl)c1. The lowest BCUT2D eigenvalue weighted by atomic mass is 10.1. The lowest BCUT2D eigenvalue weighted by Gasteiger charge is -2.05. The summed E-state index contributed by atoms with van der Waals surface area (Å²) >= 11 is 6.23. The summed E-state index contributed by atoms with van der Waals surface area (Å²) in [5, 5.41) is 4.07. The summed E-state index contributed by atoms with van der Waals surface area (Å²) in [6.07, 6.45) is 2.53. The molecule has 0 spiro atoms. The Kier molecular flexibility index (Phi) is 5.21. The first-order valence-electron chi connectivity index (χ1n) is 6.98. The zero-order chi connectivity index (χ0) is 14.5. The predicted octanol–water partition coefficient (Wildman–Crippen LogP) is 4.09. The van der Waals surface area contributed by atoms with Crippen molar-refractivity contribution >= 4 is 11.6 Å². The van der Waals surface area contributed by atoms with Crippen molar-refractivity contribution in [3.63, 3.8) is 0 Å². The Hall–Kier alpha value is -1.32. The molecule has 0 amide bonds. The zero-order valence-electron chi connectivity index (χ0n) is 12.2. The van der Waals surface area contributed by atoms with Crippen molar-refractivity contribution in [3.8, 4) is 11.3 Å². The molecule has 108 valence electrons. The number of hydrogen-bond acceptors (Lipinski definition) is 3. The molecule has 0 fully saturated rings. The number of oxazole rings is 1. The van der Waals surface area contributed by atoms with Crippen molar-refractivity contribution in [2.24, 2.45) is 5.92 Å². The summed E-state index contributed by atoms with van der Waals surface area (Å²) in [7, 11) is 0. The highest BCUT2D eigenvalue weighted by atomic mass is 35.5. The Balaban J connectivity index is 1.98. The summed E-state index contributed by atoms with van der Waals surface area (Å²) in [4.78, 5) is 4.31. The van der Waals surface area contributed by atoms with Crippen LogP contribution in [0.25, 0.3) is 11.3 Å². The Bertz CT molecular complexity index is 563. The number of hydrogen-bond donors (Lipinski definition) is 1. The molecule has 0 aliphatic heterocycles. The second-order valence-corrected chi connectivity index (χ2v) is 5.86. The minimum absolute atomic E-state index is 0.654. The molecule has 0 saturated carbocycles. The number of halogens is 1. The first kappa shape index (κ1) is 15.1. The van der Waals surface area contributed by atoms with Gasteiger partial charge < -0.3 is 9.73 Å². The highest BCUT2D eigenvalue weighted by Gasteiger charge is 2.09. The maximum absolute atomic E-state index is 6.23. The Morgan fingerprint density at radius 2 is 2.15 bits per heavy atom. The third-order valence-corrected chi connectivity index (χ3v) is 3.32. The summed E-state index contributed by atoms with van der Waals surface area (Å²) in [6.45, 7) is 8.28. The Labute approximate surface area is 125 Å². The largest absolute Gasteiger partial charge is 0.441 e. The van der Waals surface area contributed by atoms with Crippen LogP contribution in [0.5, 0.6) is 0 Å².